The Balaban J connectivity index is 5.01. The van der Waals surface area contributed by atoms with Gasteiger partial charge in [0.05, 0.1) is 46.1 Å². The van der Waals surface area contributed by atoms with Gasteiger partial charge in [-0.1, -0.05) is 13.2 Å². The van der Waals surface area contributed by atoms with Crippen LogP contribution in [-0.2, 0) is 32.6 Å². The first-order valence-electron chi connectivity index (χ1n) is 12.6. The van der Waals surface area contributed by atoms with Crippen molar-refractivity contribution in [2.45, 2.75) is 13.3 Å². The standard InChI is InChI=1S/C23H51N2O9P/c1-6-32-21-13-24(11-19-30-3,8-7-18-29-2)14-22-33-35(5,28)34-23-15-25(9-16-26,10-17-27)12-20-31-4/h6-23H2,1-5H3. The van der Waals surface area contributed by atoms with E-state index in [0.717, 1.165) is 26.1 Å². The topological polar surface area (TPSA) is 119 Å². The van der Waals surface area contributed by atoms with Gasteiger partial charge in [0.15, 0.2) is 0 Å². The molecule has 0 aromatic rings. The quantitative estimate of drug-likeness (QED) is 0.0833. The maximum absolute atomic E-state index is 13.0. The minimum Gasteiger partial charge on any atom is -0.850 e. The second-order valence-electron chi connectivity index (χ2n) is 8.85. The normalized spacial score (nSPS) is 15.7. The van der Waals surface area contributed by atoms with Crippen LogP contribution in [-0.4, -0.2) is 149 Å². The summed E-state index contributed by atoms with van der Waals surface area (Å²) in [4.78, 5) is 0. The van der Waals surface area contributed by atoms with E-state index in [-0.39, 0.29) is 26.4 Å². The predicted molar refractivity (Wildman–Crippen MR) is 131 cm³/mol. The molecule has 0 saturated carbocycles. The fourth-order valence-corrected chi connectivity index (χ4v) is 4.98. The molecule has 212 valence electrons. The van der Waals surface area contributed by atoms with Crippen molar-refractivity contribution in [2.75, 3.05) is 140 Å². The van der Waals surface area contributed by atoms with Gasteiger partial charge in [0.2, 0.25) is 0 Å². The number of methoxy groups -OCH3 is 3. The Labute approximate surface area is 212 Å². The average Bonchev–Trinajstić information content (AvgIpc) is 2.82. The molecule has 0 bridgehead atoms. The van der Waals surface area contributed by atoms with Gasteiger partial charge in [-0.3, -0.25) is 4.57 Å². The van der Waals surface area contributed by atoms with Gasteiger partial charge in [0.25, 0.3) is 0 Å². The summed E-state index contributed by atoms with van der Waals surface area (Å²) in [6.07, 6.45) is 0.882. The highest BCUT2D eigenvalue weighted by Gasteiger charge is 2.30. The molecule has 35 heavy (non-hydrogen) atoms. The zero-order chi connectivity index (χ0) is 26.5. The molecular formula is C23H51N2O9P. The molecular weight excluding hydrogens is 479 g/mol. The van der Waals surface area contributed by atoms with Gasteiger partial charge in [-0.05, 0) is 6.92 Å². The third kappa shape index (κ3) is 16.3. The monoisotopic (exact) mass is 530 g/mol. The lowest BCUT2D eigenvalue weighted by Crippen LogP contribution is -2.57. The van der Waals surface area contributed by atoms with Crippen LogP contribution in [0.1, 0.15) is 13.3 Å². The molecule has 0 aromatic carbocycles. The van der Waals surface area contributed by atoms with E-state index >= 15 is 0 Å². The molecule has 0 rings (SSSR count). The Morgan fingerprint density at radius 3 is 1.49 bits per heavy atom. The van der Waals surface area contributed by atoms with Crippen LogP contribution in [0.5, 0.6) is 0 Å². The van der Waals surface area contributed by atoms with Gasteiger partial charge in [-0.15, -0.1) is 0 Å². The number of nitrogens with zero attached hydrogens (tertiary/aromatic N) is 2. The van der Waals surface area contributed by atoms with Crippen molar-refractivity contribution in [1.29, 1.82) is 0 Å². The number of rotatable bonds is 26. The van der Waals surface area contributed by atoms with Crippen molar-refractivity contribution >= 4 is 7.60 Å². The van der Waals surface area contributed by atoms with Crippen molar-refractivity contribution in [3.8, 4) is 0 Å². The lowest BCUT2D eigenvalue weighted by molar-refractivity contribution is -0.936. The summed E-state index contributed by atoms with van der Waals surface area (Å²) in [5.41, 5.74) is 0. The van der Waals surface area contributed by atoms with Crippen LogP contribution >= 0.6 is 7.60 Å². The molecule has 0 spiro atoms. The zero-order valence-electron chi connectivity index (χ0n) is 22.7. The predicted octanol–water partition coefficient (Wildman–Crippen LogP) is -0.437. The van der Waals surface area contributed by atoms with Gasteiger partial charge < -0.3 is 47.2 Å². The van der Waals surface area contributed by atoms with Crippen LogP contribution in [0.2, 0.25) is 0 Å². The first-order valence-corrected chi connectivity index (χ1v) is 14.5. The van der Waals surface area contributed by atoms with Crippen LogP contribution in [0.4, 0.5) is 0 Å². The summed E-state index contributed by atoms with van der Waals surface area (Å²) in [6, 6.07) is 0. The number of quaternary nitrogens is 2. The fourth-order valence-electron chi connectivity index (χ4n) is 4.08. The molecule has 2 atom stereocenters. The van der Waals surface area contributed by atoms with Gasteiger partial charge >= 0.3 is 7.60 Å². The Bertz CT molecular complexity index is 527. The highest BCUT2D eigenvalue weighted by molar-refractivity contribution is 7.52. The molecule has 2 unspecified atom stereocenters. The molecule has 11 nitrogen and oxygen atoms in total. The second-order valence-corrected chi connectivity index (χ2v) is 10.9. The van der Waals surface area contributed by atoms with Crippen molar-refractivity contribution in [3.05, 3.63) is 0 Å². The molecule has 0 aromatic heterocycles. The largest absolute Gasteiger partial charge is 0.850 e. The first-order chi connectivity index (χ1) is 16.8. The lowest BCUT2D eigenvalue weighted by atomic mass is 10.2. The maximum Gasteiger partial charge on any atom is 0.328 e. The molecule has 0 N–H and O–H groups in total. The molecule has 0 heterocycles. The summed E-state index contributed by atoms with van der Waals surface area (Å²) >= 11 is 0. The van der Waals surface area contributed by atoms with Crippen molar-refractivity contribution in [1.82, 2.24) is 0 Å². The second kappa shape index (κ2) is 20.8. The van der Waals surface area contributed by atoms with Gasteiger partial charge in [-0.25, -0.2) is 0 Å². The number of ether oxygens (including phenoxy) is 4. The van der Waals surface area contributed by atoms with E-state index in [9.17, 15) is 14.8 Å². The average molecular weight is 531 g/mol. The first kappa shape index (κ1) is 34.8. The van der Waals surface area contributed by atoms with Gasteiger partial charge in [0, 0.05) is 41.0 Å². The fraction of sp³-hybridized carbons (Fsp3) is 1.00. The molecule has 0 radical (unpaired) electrons. The van der Waals surface area contributed by atoms with Crippen LogP contribution in [0, 0.1) is 0 Å². The summed E-state index contributed by atoms with van der Waals surface area (Å²) in [7, 11) is 1.65. The smallest absolute Gasteiger partial charge is 0.328 e. The molecule has 0 aliphatic heterocycles. The van der Waals surface area contributed by atoms with Crippen molar-refractivity contribution in [3.63, 3.8) is 0 Å². The van der Waals surface area contributed by atoms with E-state index in [1.165, 1.54) is 6.66 Å². The summed E-state index contributed by atoms with van der Waals surface area (Å²) in [5.74, 6) is 0. The molecule has 0 saturated heterocycles. The van der Waals surface area contributed by atoms with Crippen LogP contribution in [0.15, 0.2) is 0 Å². The van der Waals surface area contributed by atoms with Crippen LogP contribution in [0.25, 0.3) is 0 Å². The van der Waals surface area contributed by atoms with Gasteiger partial charge in [-0.2, -0.15) is 0 Å². The van der Waals surface area contributed by atoms with Crippen LogP contribution < -0.4 is 10.2 Å². The summed E-state index contributed by atoms with van der Waals surface area (Å²) in [6.45, 7) is 10.9. The SMILES string of the molecule is CCOCC[N+](CCCOC)(CCOC)CCOP(C)(=O)OCC[N+](CC[O-])(CC[O-])CCOC. The highest BCUT2D eigenvalue weighted by atomic mass is 31.2. The molecule has 0 aliphatic rings. The Morgan fingerprint density at radius 1 is 0.629 bits per heavy atom. The number of hydrogen-bond acceptors (Lipinski definition) is 9. The van der Waals surface area contributed by atoms with E-state index < -0.39 is 7.60 Å². The minimum atomic E-state index is -3.31. The third-order valence-corrected chi connectivity index (χ3v) is 7.65. The van der Waals surface area contributed by atoms with E-state index in [1.54, 1.807) is 21.3 Å². The van der Waals surface area contributed by atoms with E-state index in [0.29, 0.717) is 74.7 Å². The van der Waals surface area contributed by atoms with Crippen molar-refractivity contribution in [2.24, 2.45) is 0 Å². The maximum atomic E-state index is 13.0. The third-order valence-electron chi connectivity index (χ3n) is 6.35. The molecule has 0 fully saturated rings. The summed E-state index contributed by atoms with van der Waals surface area (Å²) in [5, 5.41) is 22.7. The zero-order valence-corrected chi connectivity index (χ0v) is 23.6. The lowest BCUT2D eigenvalue weighted by Gasteiger charge is -2.41. The molecule has 0 aliphatic carbocycles. The molecule has 12 heteroatoms. The Hall–Kier alpha value is -0.170. The van der Waals surface area contributed by atoms with E-state index in [1.807, 2.05) is 6.92 Å². The Morgan fingerprint density at radius 2 is 1.06 bits per heavy atom. The van der Waals surface area contributed by atoms with Crippen LogP contribution in [0.3, 0.4) is 0 Å². The van der Waals surface area contributed by atoms with Gasteiger partial charge in [0.1, 0.15) is 45.9 Å². The highest BCUT2D eigenvalue weighted by Crippen LogP contribution is 2.43. The minimum absolute atomic E-state index is 0.138. The number of hydrogen-bond donors (Lipinski definition) is 0. The Kier molecular flexibility index (Phi) is 20.7. The summed E-state index contributed by atoms with van der Waals surface area (Å²) < 4.78 is 46.7. The van der Waals surface area contributed by atoms with E-state index in [4.69, 9.17) is 28.0 Å². The molecule has 0 amide bonds. The van der Waals surface area contributed by atoms with E-state index in [2.05, 4.69) is 0 Å². The van der Waals surface area contributed by atoms with Crippen molar-refractivity contribution < 1.29 is 51.7 Å².